The zero-order valence-electron chi connectivity index (χ0n) is 14.8. The van der Waals surface area contributed by atoms with Crippen LogP contribution in [0.4, 0.5) is 0 Å². The van der Waals surface area contributed by atoms with Gasteiger partial charge in [-0.1, -0.05) is 47.5 Å². The summed E-state index contributed by atoms with van der Waals surface area (Å²) in [5.41, 5.74) is 0.293. The summed E-state index contributed by atoms with van der Waals surface area (Å²) >= 11 is 0. The molecule has 0 bridgehead atoms. The number of nitrogens with zero attached hydrogens (tertiary/aromatic N) is 1. The Hall–Kier alpha value is -0.0800. The highest BCUT2D eigenvalue weighted by Crippen LogP contribution is 2.37. The molecule has 0 aliphatic heterocycles. The minimum absolute atomic E-state index is 0.293. The van der Waals surface area contributed by atoms with Gasteiger partial charge < -0.3 is 5.32 Å². The van der Waals surface area contributed by atoms with Crippen LogP contribution in [0, 0.1) is 11.8 Å². The van der Waals surface area contributed by atoms with Crippen molar-refractivity contribution in [1.29, 1.82) is 0 Å². The topological polar surface area (TPSA) is 15.3 Å². The molecular weight excluding hydrogens is 244 g/mol. The van der Waals surface area contributed by atoms with Gasteiger partial charge in [0.05, 0.1) is 0 Å². The van der Waals surface area contributed by atoms with E-state index in [0.29, 0.717) is 11.6 Å². The quantitative estimate of drug-likeness (QED) is 0.714. The first-order valence-corrected chi connectivity index (χ1v) is 9.01. The fourth-order valence-corrected chi connectivity index (χ4v) is 4.48. The fraction of sp³-hybridized carbons (Fsp3) is 1.00. The molecule has 1 saturated carbocycles. The molecule has 0 radical (unpaired) electrons. The second-order valence-corrected chi connectivity index (χ2v) is 6.95. The Morgan fingerprint density at radius 3 is 2.25 bits per heavy atom. The van der Waals surface area contributed by atoms with Crippen LogP contribution in [0.5, 0.6) is 0 Å². The standard InChI is InChI=1S/C18H38N2/c1-7-18(6,20(9-3)10-4)17(19-8-2)16-13-11-12-15(5)14-16/h15-17,19H,7-14H2,1-6H3. The highest BCUT2D eigenvalue weighted by atomic mass is 15.2. The van der Waals surface area contributed by atoms with Crippen molar-refractivity contribution >= 4 is 0 Å². The molecule has 0 saturated heterocycles. The van der Waals surface area contributed by atoms with Crippen molar-refractivity contribution in [3.8, 4) is 0 Å². The van der Waals surface area contributed by atoms with Gasteiger partial charge in [0, 0.05) is 11.6 Å². The predicted molar refractivity (Wildman–Crippen MR) is 90.2 cm³/mol. The van der Waals surface area contributed by atoms with Gasteiger partial charge in [-0.3, -0.25) is 4.90 Å². The lowest BCUT2D eigenvalue weighted by molar-refractivity contribution is 0.0320. The van der Waals surface area contributed by atoms with Crippen LogP contribution < -0.4 is 5.32 Å². The molecule has 1 aliphatic carbocycles. The van der Waals surface area contributed by atoms with Crippen LogP contribution in [0.1, 0.15) is 73.6 Å². The van der Waals surface area contributed by atoms with Gasteiger partial charge in [-0.25, -0.2) is 0 Å². The Labute approximate surface area is 127 Å². The third kappa shape index (κ3) is 3.98. The molecule has 0 aromatic carbocycles. The minimum atomic E-state index is 0.293. The molecule has 20 heavy (non-hydrogen) atoms. The summed E-state index contributed by atoms with van der Waals surface area (Å²) in [6.07, 6.45) is 6.92. The maximum Gasteiger partial charge on any atom is 0.0334 e. The van der Waals surface area contributed by atoms with Gasteiger partial charge in [-0.05, 0) is 57.7 Å². The molecule has 1 N–H and O–H groups in total. The lowest BCUT2D eigenvalue weighted by Gasteiger charge is -2.50. The summed E-state index contributed by atoms with van der Waals surface area (Å²) in [7, 11) is 0. The first-order valence-electron chi connectivity index (χ1n) is 9.01. The molecule has 0 amide bonds. The average molecular weight is 283 g/mol. The molecular formula is C18H38N2. The van der Waals surface area contributed by atoms with Crippen LogP contribution in [-0.4, -0.2) is 36.1 Å². The number of hydrogen-bond acceptors (Lipinski definition) is 2. The van der Waals surface area contributed by atoms with Crippen LogP contribution in [0.3, 0.4) is 0 Å². The summed E-state index contributed by atoms with van der Waals surface area (Å²) in [4.78, 5) is 2.68. The lowest BCUT2D eigenvalue weighted by atomic mass is 9.71. The number of rotatable bonds is 8. The largest absolute Gasteiger partial charge is 0.312 e. The third-order valence-corrected chi connectivity index (χ3v) is 5.74. The van der Waals surface area contributed by atoms with Gasteiger partial charge >= 0.3 is 0 Å². The average Bonchev–Trinajstić information content (AvgIpc) is 2.45. The molecule has 1 fully saturated rings. The Morgan fingerprint density at radius 2 is 1.80 bits per heavy atom. The molecule has 0 aromatic heterocycles. The smallest absolute Gasteiger partial charge is 0.0334 e. The lowest BCUT2D eigenvalue weighted by Crippen LogP contribution is -2.62. The van der Waals surface area contributed by atoms with Crippen molar-refractivity contribution < 1.29 is 0 Å². The summed E-state index contributed by atoms with van der Waals surface area (Å²) in [5, 5.41) is 3.87. The Kier molecular flexibility index (Phi) is 7.53. The molecule has 2 nitrogen and oxygen atoms in total. The van der Waals surface area contributed by atoms with Gasteiger partial charge in [0.15, 0.2) is 0 Å². The second kappa shape index (κ2) is 8.38. The van der Waals surface area contributed by atoms with E-state index in [-0.39, 0.29) is 0 Å². The molecule has 2 heteroatoms. The number of likely N-dealkylation sites (N-methyl/N-ethyl adjacent to an activating group) is 2. The monoisotopic (exact) mass is 282 g/mol. The maximum absolute atomic E-state index is 3.87. The molecule has 0 heterocycles. The highest BCUT2D eigenvalue weighted by Gasteiger charge is 2.41. The van der Waals surface area contributed by atoms with Crippen molar-refractivity contribution in [3.63, 3.8) is 0 Å². The van der Waals surface area contributed by atoms with Gasteiger partial charge in [0.1, 0.15) is 0 Å². The van der Waals surface area contributed by atoms with Crippen molar-refractivity contribution in [1.82, 2.24) is 10.2 Å². The van der Waals surface area contributed by atoms with Crippen LogP contribution in [0.2, 0.25) is 0 Å². The highest BCUT2D eigenvalue weighted by molar-refractivity contribution is 5.00. The minimum Gasteiger partial charge on any atom is -0.312 e. The van der Waals surface area contributed by atoms with Crippen molar-refractivity contribution in [2.75, 3.05) is 19.6 Å². The molecule has 120 valence electrons. The summed E-state index contributed by atoms with van der Waals surface area (Å²) < 4.78 is 0. The third-order valence-electron chi connectivity index (χ3n) is 5.74. The first-order chi connectivity index (χ1) is 9.53. The molecule has 1 rings (SSSR count). The van der Waals surface area contributed by atoms with Crippen LogP contribution >= 0.6 is 0 Å². The van der Waals surface area contributed by atoms with Crippen LogP contribution in [0.15, 0.2) is 0 Å². The zero-order chi connectivity index (χ0) is 15.2. The zero-order valence-corrected chi connectivity index (χ0v) is 14.8. The SMILES string of the molecule is CCNC(C1CCCC(C)C1)C(C)(CC)N(CC)CC. The summed E-state index contributed by atoms with van der Waals surface area (Å²) in [6, 6.07) is 0.639. The summed E-state index contributed by atoms with van der Waals surface area (Å²) in [5.74, 6) is 1.76. The van der Waals surface area contributed by atoms with Crippen molar-refractivity contribution in [2.45, 2.75) is 85.2 Å². The molecule has 4 atom stereocenters. The number of nitrogens with one attached hydrogen (secondary N) is 1. The fourth-order valence-electron chi connectivity index (χ4n) is 4.48. The van der Waals surface area contributed by atoms with E-state index < -0.39 is 0 Å². The first kappa shape index (κ1) is 18.0. The van der Waals surface area contributed by atoms with E-state index in [1.165, 1.54) is 32.1 Å². The number of hydrogen-bond donors (Lipinski definition) is 1. The molecule has 0 spiro atoms. The van der Waals surface area contributed by atoms with E-state index in [1.54, 1.807) is 0 Å². The van der Waals surface area contributed by atoms with E-state index in [1.807, 2.05) is 0 Å². The van der Waals surface area contributed by atoms with Crippen LogP contribution in [-0.2, 0) is 0 Å². The van der Waals surface area contributed by atoms with E-state index in [0.717, 1.165) is 31.5 Å². The van der Waals surface area contributed by atoms with Crippen molar-refractivity contribution in [3.05, 3.63) is 0 Å². The van der Waals surface area contributed by atoms with Gasteiger partial charge in [0.25, 0.3) is 0 Å². The second-order valence-electron chi connectivity index (χ2n) is 6.95. The van der Waals surface area contributed by atoms with Gasteiger partial charge in [0.2, 0.25) is 0 Å². The Morgan fingerprint density at radius 1 is 1.15 bits per heavy atom. The van der Waals surface area contributed by atoms with Gasteiger partial charge in [-0.15, -0.1) is 0 Å². The predicted octanol–water partition coefficient (Wildman–Crippen LogP) is 4.30. The summed E-state index contributed by atoms with van der Waals surface area (Å²) in [6.45, 7) is 17.6. The molecule has 0 aromatic rings. The van der Waals surface area contributed by atoms with Crippen LogP contribution in [0.25, 0.3) is 0 Å². The van der Waals surface area contributed by atoms with E-state index in [4.69, 9.17) is 0 Å². The Balaban J connectivity index is 2.95. The molecule has 1 aliphatic rings. The maximum atomic E-state index is 3.87. The van der Waals surface area contributed by atoms with E-state index in [9.17, 15) is 0 Å². The van der Waals surface area contributed by atoms with E-state index in [2.05, 4.69) is 51.8 Å². The normalized spacial score (nSPS) is 28.4. The van der Waals surface area contributed by atoms with Crippen molar-refractivity contribution in [2.24, 2.45) is 11.8 Å². The van der Waals surface area contributed by atoms with E-state index >= 15 is 0 Å². The Bertz CT molecular complexity index is 262. The molecule has 4 unspecified atom stereocenters. The van der Waals surface area contributed by atoms with Gasteiger partial charge in [-0.2, -0.15) is 0 Å².